The number of likely N-dealkylation sites (tertiary alicyclic amines) is 1. The highest BCUT2D eigenvalue weighted by Crippen LogP contribution is 2.24. The van der Waals surface area contributed by atoms with Crippen molar-refractivity contribution < 1.29 is 19.5 Å². The van der Waals surface area contributed by atoms with E-state index in [0.717, 1.165) is 12.1 Å². The van der Waals surface area contributed by atoms with Crippen molar-refractivity contribution in [2.24, 2.45) is 0 Å². The van der Waals surface area contributed by atoms with Crippen molar-refractivity contribution in [1.82, 2.24) is 4.90 Å². The summed E-state index contributed by atoms with van der Waals surface area (Å²) in [5, 5.41) is 9.16. The van der Waals surface area contributed by atoms with Gasteiger partial charge in [-0.05, 0) is 43.5 Å². The van der Waals surface area contributed by atoms with Gasteiger partial charge in [0.25, 0.3) is 5.91 Å². The van der Waals surface area contributed by atoms with Gasteiger partial charge in [0.05, 0.1) is 0 Å². The summed E-state index contributed by atoms with van der Waals surface area (Å²) in [6.07, 6.45) is 2.63. The third-order valence-corrected chi connectivity index (χ3v) is 4.30. The molecule has 2 heterocycles. The van der Waals surface area contributed by atoms with E-state index in [-0.39, 0.29) is 11.8 Å². The summed E-state index contributed by atoms with van der Waals surface area (Å²) >= 11 is 0. The van der Waals surface area contributed by atoms with Crippen LogP contribution < -0.4 is 4.90 Å². The topological polar surface area (TPSA) is 77.9 Å². The number of hydrogen-bond acceptors (Lipinski definition) is 3. The second-order valence-corrected chi connectivity index (χ2v) is 5.69. The first-order chi connectivity index (χ1) is 10.6. The maximum Gasteiger partial charge on any atom is 0.326 e. The third kappa shape index (κ3) is 2.56. The van der Waals surface area contributed by atoms with Crippen molar-refractivity contribution in [1.29, 1.82) is 0 Å². The number of carboxylic acid groups (broad SMARTS) is 1. The molecule has 0 aliphatic carbocycles. The maximum atomic E-state index is 12.4. The average Bonchev–Trinajstić information content (AvgIpc) is 3.15. The van der Waals surface area contributed by atoms with Gasteiger partial charge < -0.3 is 14.9 Å². The standard InChI is InChI=1S/C16H18N2O4/c19-14-4-2-9-17(14)12-7-5-11(6-8-12)15(20)18-10-1-3-13(18)16(21)22/h5-8,13H,1-4,9-10H2,(H,21,22). The first-order valence-electron chi connectivity index (χ1n) is 7.52. The predicted molar refractivity (Wildman–Crippen MR) is 79.7 cm³/mol. The molecule has 2 aliphatic heterocycles. The zero-order chi connectivity index (χ0) is 15.7. The molecule has 0 saturated carbocycles. The van der Waals surface area contributed by atoms with Crippen LogP contribution >= 0.6 is 0 Å². The number of amides is 2. The Labute approximate surface area is 128 Å². The molecule has 2 fully saturated rings. The zero-order valence-corrected chi connectivity index (χ0v) is 12.2. The van der Waals surface area contributed by atoms with Crippen LogP contribution in [0.25, 0.3) is 0 Å². The Bertz CT molecular complexity index is 611. The summed E-state index contributed by atoms with van der Waals surface area (Å²) in [7, 11) is 0. The van der Waals surface area contributed by atoms with E-state index in [9.17, 15) is 14.4 Å². The lowest BCUT2D eigenvalue weighted by molar-refractivity contribution is -0.141. The molecule has 1 N–H and O–H groups in total. The Morgan fingerprint density at radius 1 is 1.09 bits per heavy atom. The normalized spacial score (nSPS) is 21.5. The second kappa shape index (κ2) is 5.79. The Morgan fingerprint density at radius 2 is 1.82 bits per heavy atom. The number of rotatable bonds is 3. The van der Waals surface area contributed by atoms with Crippen molar-refractivity contribution in [2.75, 3.05) is 18.0 Å². The molecule has 116 valence electrons. The molecule has 6 heteroatoms. The highest BCUT2D eigenvalue weighted by atomic mass is 16.4. The molecule has 0 aromatic heterocycles. The lowest BCUT2D eigenvalue weighted by Gasteiger charge is -2.22. The molecule has 1 aromatic rings. The minimum Gasteiger partial charge on any atom is -0.480 e. The van der Waals surface area contributed by atoms with Crippen LogP contribution in [0, 0.1) is 0 Å². The monoisotopic (exact) mass is 302 g/mol. The SMILES string of the molecule is O=C(O)C1CCCN1C(=O)c1ccc(N2CCCC2=O)cc1. The lowest BCUT2D eigenvalue weighted by atomic mass is 10.1. The van der Waals surface area contributed by atoms with Crippen LogP contribution in [0.15, 0.2) is 24.3 Å². The minimum absolute atomic E-state index is 0.101. The molecule has 2 saturated heterocycles. The van der Waals surface area contributed by atoms with E-state index in [4.69, 9.17) is 5.11 Å². The highest BCUT2D eigenvalue weighted by molar-refractivity contribution is 5.99. The second-order valence-electron chi connectivity index (χ2n) is 5.69. The van der Waals surface area contributed by atoms with Crippen LogP contribution in [0.1, 0.15) is 36.0 Å². The minimum atomic E-state index is -0.954. The van der Waals surface area contributed by atoms with Gasteiger partial charge in [-0.25, -0.2) is 4.79 Å². The van der Waals surface area contributed by atoms with Crippen molar-refractivity contribution >= 4 is 23.5 Å². The van der Waals surface area contributed by atoms with Gasteiger partial charge in [0.2, 0.25) is 5.91 Å². The van der Waals surface area contributed by atoms with E-state index < -0.39 is 12.0 Å². The number of carbonyl (C=O) groups is 3. The summed E-state index contributed by atoms with van der Waals surface area (Å²) in [4.78, 5) is 38.4. The zero-order valence-electron chi connectivity index (χ0n) is 12.2. The van der Waals surface area contributed by atoms with Gasteiger partial charge in [-0.1, -0.05) is 0 Å². The number of aliphatic carboxylic acids is 1. The molecule has 3 rings (SSSR count). The first-order valence-corrected chi connectivity index (χ1v) is 7.52. The van der Waals surface area contributed by atoms with Crippen LogP contribution in [0.2, 0.25) is 0 Å². The lowest BCUT2D eigenvalue weighted by Crippen LogP contribution is -2.40. The molecular weight excluding hydrogens is 284 g/mol. The fourth-order valence-corrected chi connectivity index (χ4v) is 3.14. The van der Waals surface area contributed by atoms with Crippen molar-refractivity contribution in [2.45, 2.75) is 31.7 Å². The van der Waals surface area contributed by atoms with Gasteiger partial charge in [-0.15, -0.1) is 0 Å². The van der Waals surface area contributed by atoms with Gasteiger partial charge in [0, 0.05) is 30.8 Å². The van der Waals surface area contributed by atoms with Crippen LogP contribution in [-0.4, -0.2) is 46.9 Å². The summed E-state index contributed by atoms with van der Waals surface area (Å²) in [6, 6.07) is 6.11. The fourth-order valence-electron chi connectivity index (χ4n) is 3.14. The van der Waals surface area contributed by atoms with Gasteiger partial charge in [-0.3, -0.25) is 9.59 Å². The van der Waals surface area contributed by atoms with Crippen LogP contribution in [0.4, 0.5) is 5.69 Å². The number of carbonyl (C=O) groups excluding carboxylic acids is 2. The van der Waals surface area contributed by atoms with Crippen LogP contribution in [0.5, 0.6) is 0 Å². The molecule has 2 amide bonds. The predicted octanol–water partition coefficient (Wildman–Crippen LogP) is 1.50. The molecule has 0 spiro atoms. The summed E-state index contributed by atoms with van der Waals surface area (Å²) in [6.45, 7) is 1.18. The summed E-state index contributed by atoms with van der Waals surface area (Å²) < 4.78 is 0. The molecular formula is C16H18N2O4. The molecule has 6 nitrogen and oxygen atoms in total. The van der Waals surface area contributed by atoms with Crippen molar-refractivity contribution in [3.63, 3.8) is 0 Å². The maximum absolute atomic E-state index is 12.4. The van der Waals surface area contributed by atoms with E-state index in [2.05, 4.69) is 0 Å². The van der Waals surface area contributed by atoms with E-state index in [1.807, 2.05) is 0 Å². The fraction of sp³-hybridized carbons (Fsp3) is 0.438. The van der Waals surface area contributed by atoms with E-state index >= 15 is 0 Å². The Hall–Kier alpha value is -2.37. The van der Waals surface area contributed by atoms with Gasteiger partial charge in [-0.2, -0.15) is 0 Å². The molecule has 0 bridgehead atoms. The van der Waals surface area contributed by atoms with Crippen molar-refractivity contribution in [3.8, 4) is 0 Å². The number of anilines is 1. The Balaban J connectivity index is 1.76. The van der Waals surface area contributed by atoms with Crippen LogP contribution in [0.3, 0.4) is 0 Å². The van der Waals surface area contributed by atoms with E-state index in [1.165, 1.54) is 4.90 Å². The number of nitrogens with zero attached hydrogens (tertiary/aromatic N) is 2. The molecule has 1 atom stereocenters. The first kappa shape index (κ1) is 14.6. The highest BCUT2D eigenvalue weighted by Gasteiger charge is 2.34. The number of benzene rings is 1. The van der Waals surface area contributed by atoms with Gasteiger partial charge in [0.15, 0.2) is 0 Å². The Kier molecular flexibility index (Phi) is 3.83. The largest absolute Gasteiger partial charge is 0.480 e. The molecule has 2 aliphatic rings. The molecule has 1 unspecified atom stereocenters. The Morgan fingerprint density at radius 3 is 2.41 bits per heavy atom. The van der Waals surface area contributed by atoms with Crippen LogP contribution in [-0.2, 0) is 9.59 Å². The molecule has 0 radical (unpaired) electrons. The number of carboxylic acids is 1. The van der Waals surface area contributed by atoms with E-state index in [1.54, 1.807) is 29.2 Å². The van der Waals surface area contributed by atoms with E-state index in [0.29, 0.717) is 37.9 Å². The summed E-state index contributed by atoms with van der Waals surface area (Å²) in [5.74, 6) is -1.11. The quantitative estimate of drug-likeness (QED) is 0.918. The molecule has 1 aromatic carbocycles. The third-order valence-electron chi connectivity index (χ3n) is 4.30. The number of hydrogen-bond donors (Lipinski definition) is 1. The van der Waals surface area contributed by atoms with Crippen molar-refractivity contribution in [3.05, 3.63) is 29.8 Å². The average molecular weight is 302 g/mol. The molecule has 22 heavy (non-hydrogen) atoms. The smallest absolute Gasteiger partial charge is 0.326 e. The summed E-state index contributed by atoms with van der Waals surface area (Å²) in [5.41, 5.74) is 1.25. The van der Waals surface area contributed by atoms with Gasteiger partial charge in [0.1, 0.15) is 6.04 Å². The van der Waals surface area contributed by atoms with Gasteiger partial charge >= 0.3 is 5.97 Å².